The van der Waals surface area contributed by atoms with Crippen LogP contribution >= 0.6 is 11.6 Å². The van der Waals surface area contributed by atoms with E-state index in [0.717, 1.165) is 0 Å². The Bertz CT molecular complexity index is 1150. The zero-order valence-corrected chi connectivity index (χ0v) is 15.0. The maximum atomic E-state index is 12.7. The number of halogens is 1. The van der Waals surface area contributed by atoms with Gasteiger partial charge in [-0.3, -0.25) is 9.59 Å². The molecule has 8 nitrogen and oxygen atoms in total. The lowest BCUT2D eigenvalue weighted by molar-refractivity contribution is -0.118. The number of carbonyl (C=O) groups is 2. The summed E-state index contributed by atoms with van der Waals surface area (Å²) in [6.45, 7) is -0.153. The largest absolute Gasteiger partial charge is 0.481 e. The number of amides is 2. The first-order valence-electron chi connectivity index (χ1n) is 8.18. The summed E-state index contributed by atoms with van der Waals surface area (Å²) < 4.78 is 6.87. The molecule has 0 saturated heterocycles. The molecule has 1 aliphatic heterocycles. The van der Waals surface area contributed by atoms with E-state index in [0.29, 0.717) is 33.5 Å². The molecule has 2 amide bonds. The van der Waals surface area contributed by atoms with Crippen LogP contribution in [0, 0.1) is 11.3 Å². The van der Waals surface area contributed by atoms with Crippen molar-refractivity contribution in [3.05, 3.63) is 64.8 Å². The Balaban J connectivity index is 1.59. The van der Waals surface area contributed by atoms with Crippen LogP contribution < -0.4 is 15.4 Å². The highest BCUT2D eigenvalue weighted by Gasteiger charge is 2.23. The Kier molecular flexibility index (Phi) is 4.43. The molecule has 4 rings (SSSR count). The van der Waals surface area contributed by atoms with E-state index in [1.165, 1.54) is 4.68 Å². The summed E-state index contributed by atoms with van der Waals surface area (Å²) in [6.07, 6.45) is 1.62. The molecule has 138 valence electrons. The van der Waals surface area contributed by atoms with Crippen LogP contribution in [0.25, 0.3) is 5.69 Å². The summed E-state index contributed by atoms with van der Waals surface area (Å²) in [5.41, 5.74) is 1.61. The maximum Gasteiger partial charge on any atom is 0.262 e. The SMILES string of the molecule is N#Cc1cc(Cl)ccc1-n1ccc(NC(=O)c2cccc3c2OCC(=O)N3)n1. The van der Waals surface area contributed by atoms with Gasteiger partial charge in [-0.1, -0.05) is 17.7 Å². The lowest BCUT2D eigenvalue weighted by atomic mass is 10.1. The number of nitrogens with zero attached hydrogens (tertiary/aromatic N) is 3. The molecule has 0 radical (unpaired) electrons. The molecular weight excluding hydrogens is 382 g/mol. The molecule has 2 heterocycles. The number of anilines is 2. The Morgan fingerprint density at radius 1 is 1.32 bits per heavy atom. The minimum atomic E-state index is -0.435. The standard InChI is InChI=1S/C19H12ClN5O3/c20-12-4-5-15(11(8-12)9-21)25-7-6-16(24-25)23-19(27)13-2-1-3-14-18(13)28-10-17(26)22-14/h1-8H,10H2,(H,22,26)(H,23,24,27). The Morgan fingerprint density at radius 2 is 2.18 bits per heavy atom. The number of hydrogen-bond acceptors (Lipinski definition) is 5. The van der Waals surface area contributed by atoms with Gasteiger partial charge in [-0.25, -0.2) is 4.68 Å². The van der Waals surface area contributed by atoms with Gasteiger partial charge >= 0.3 is 0 Å². The van der Waals surface area contributed by atoms with Gasteiger partial charge in [0.25, 0.3) is 11.8 Å². The van der Waals surface area contributed by atoms with Gasteiger partial charge in [0.1, 0.15) is 6.07 Å². The molecular formula is C19H12ClN5O3. The fourth-order valence-electron chi connectivity index (χ4n) is 2.80. The predicted molar refractivity (Wildman–Crippen MR) is 102 cm³/mol. The maximum absolute atomic E-state index is 12.7. The quantitative estimate of drug-likeness (QED) is 0.711. The molecule has 2 aromatic carbocycles. The van der Waals surface area contributed by atoms with Crippen LogP contribution in [-0.4, -0.2) is 28.2 Å². The topological polar surface area (TPSA) is 109 Å². The van der Waals surface area contributed by atoms with Crippen LogP contribution in [0.2, 0.25) is 5.02 Å². The van der Waals surface area contributed by atoms with Crippen LogP contribution in [0.5, 0.6) is 5.75 Å². The summed E-state index contributed by atoms with van der Waals surface area (Å²) in [7, 11) is 0. The first-order valence-corrected chi connectivity index (χ1v) is 8.55. The Hall–Kier alpha value is -3.83. The third-order valence-corrected chi connectivity index (χ3v) is 4.27. The molecule has 0 saturated carbocycles. The summed E-state index contributed by atoms with van der Waals surface area (Å²) in [5, 5.41) is 19.4. The van der Waals surface area contributed by atoms with Crippen molar-refractivity contribution in [1.29, 1.82) is 5.26 Å². The molecule has 28 heavy (non-hydrogen) atoms. The van der Waals surface area contributed by atoms with Gasteiger partial charge in [0.2, 0.25) is 0 Å². The second-order valence-electron chi connectivity index (χ2n) is 5.89. The number of nitriles is 1. The lowest BCUT2D eigenvalue weighted by Gasteiger charge is -2.20. The third-order valence-electron chi connectivity index (χ3n) is 4.04. The smallest absolute Gasteiger partial charge is 0.262 e. The highest BCUT2D eigenvalue weighted by molar-refractivity contribution is 6.30. The molecule has 0 atom stereocenters. The number of aromatic nitrogens is 2. The fourth-order valence-corrected chi connectivity index (χ4v) is 2.97. The van der Waals surface area contributed by atoms with E-state index < -0.39 is 5.91 Å². The molecule has 0 spiro atoms. The van der Waals surface area contributed by atoms with Gasteiger partial charge in [0.15, 0.2) is 18.2 Å². The van der Waals surface area contributed by atoms with E-state index in [4.69, 9.17) is 16.3 Å². The summed E-state index contributed by atoms with van der Waals surface area (Å²) >= 11 is 5.92. The Morgan fingerprint density at radius 3 is 3.00 bits per heavy atom. The highest BCUT2D eigenvalue weighted by atomic mass is 35.5. The third kappa shape index (κ3) is 3.26. The van der Waals surface area contributed by atoms with Crippen molar-refractivity contribution in [2.45, 2.75) is 0 Å². The van der Waals surface area contributed by atoms with Gasteiger partial charge < -0.3 is 15.4 Å². The van der Waals surface area contributed by atoms with Crippen LogP contribution in [0.4, 0.5) is 11.5 Å². The molecule has 0 bridgehead atoms. The lowest BCUT2D eigenvalue weighted by Crippen LogP contribution is -2.27. The molecule has 2 N–H and O–H groups in total. The minimum absolute atomic E-state index is 0.153. The number of para-hydroxylation sites is 1. The van der Waals surface area contributed by atoms with Gasteiger partial charge in [-0.2, -0.15) is 10.4 Å². The normalized spacial score (nSPS) is 12.4. The zero-order chi connectivity index (χ0) is 19.7. The molecule has 9 heteroatoms. The summed E-state index contributed by atoms with van der Waals surface area (Å²) in [5.74, 6) is -0.111. The van der Waals surface area contributed by atoms with Gasteiger partial charge in [0.05, 0.1) is 22.5 Å². The van der Waals surface area contributed by atoms with Crippen molar-refractivity contribution >= 4 is 34.9 Å². The Labute approximate surface area is 164 Å². The van der Waals surface area contributed by atoms with Crippen LogP contribution in [-0.2, 0) is 4.79 Å². The van der Waals surface area contributed by atoms with Crippen molar-refractivity contribution in [2.75, 3.05) is 17.2 Å². The monoisotopic (exact) mass is 393 g/mol. The molecule has 3 aromatic rings. The van der Waals surface area contributed by atoms with Gasteiger partial charge in [-0.05, 0) is 30.3 Å². The number of benzene rings is 2. The number of fused-ring (bicyclic) bond motifs is 1. The average molecular weight is 394 g/mol. The van der Waals surface area contributed by atoms with Crippen LogP contribution in [0.1, 0.15) is 15.9 Å². The van der Waals surface area contributed by atoms with Crippen LogP contribution in [0.3, 0.4) is 0 Å². The molecule has 0 unspecified atom stereocenters. The number of nitrogens with one attached hydrogen (secondary N) is 2. The van der Waals surface area contributed by atoms with E-state index in [1.807, 2.05) is 0 Å². The number of rotatable bonds is 3. The average Bonchev–Trinajstić information content (AvgIpc) is 3.15. The minimum Gasteiger partial charge on any atom is -0.481 e. The van der Waals surface area contributed by atoms with E-state index in [9.17, 15) is 14.9 Å². The fraction of sp³-hybridized carbons (Fsp3) is 0.0526. The first kappa shape index (κ1) is 17.6. The second-order valence-corrected chi connectivity index (χ2v) is 6.33. The van der Waals surface area contributed by atoms with E-state index >= 15 is 0 Å². The molecule has 1 aromatic heterocycles. The van der Waals surface area contributed by atoms with Crippen molar-refractivity contribution < 1.29 is 14.3 Å². The van der Waals surface area contributed by atoms with Crippen molar-refractivity contribution in [2.24, 2.45) is 0 Å². The van der Waals surface area contributed by atoms with E-state index in [1.54, 1.807) is 48.7 Å². The zero-order valence-electron chi connectivity index (χ0n) is 14.3. The van der Waals surface area contributed by atoms with Gasteiger partial charge in [-0.15, -0.1) is 0 Å². The number of hydrogen-bond donors (Lipinski definition) is 2. The van der Waals surface area contributed by atoms with Gasteiger partial charge in [0, 0.05) is 17.3 Å². The number of ether oxygens (including phenoxy) is 1. The van der Waals surface area contributed by atoms with Crippen molar-refractivity contribution in [3.63, 3.8) is 0 Å². The molecule has 0 fully saturated rings. The second kappa shape index (κ2) is 7.06. The highest BCUT2D eigenvalue weighted by Crippen LogP contribution is 2.32. The molecule has 1 aliphatic rings. The van der Waals surface area contributed by atoms with Crippen molar-refractivity contribution in [3.8, 4) is 17.5 Å². The van der Waals surface area contributed by atoms with E-state index in [2.05, 4.69) is 21.8 Å². The van der Waals surface area contributed by atoms with E-state index in [-0.39, 0.29) is 18.1 Å². The summed E-state index contributed by atoms with van der Waals surface area (Å²) in [6, 6.07) is 13.4. The predicted octanol–water partition coefficient (Wildman–Crippen LogP) is 2.98. The number of carbonyl (C=O) groups excluding carboxylic acids is 2. The molecule has 0 aliphatic carbocycles. The first-order chi connectivity index (χ1) is 13.5. The van der Waals surface area contributed by atoms with Crippen molar-refractivity contribution in [1.82, 2.24) is 9.78 Å². The van der Waals surface area contributed by atoms with Crippen LogP contribution in [0.15, 0.2) is 48.7 Å². The summed E-state index contributed by atoms with van der Waals surface area (Å²) in [4.78, 5) is 24.1.